The van der Waals surface area contributed by atoms with Crippen LogP contribution in [0, 0.1) is 0 Å². The molecule has 0 aliphatic rings. The van der Waals surface area contributed by atoms with Crippen molar-refractivity contribution in [2.75, 3.05) is 18.1 Å². The van der Waals surface area contributed by atoms with Gasteiger partial charge in [-0.2, -0.15) is 0 Å². The second-order valence-electron chi connectivity index (χ2n) is 8.29. The van der Waals surface area contributed by atoms with Crippen LogP contribution in [-0.4, -0.2) is 30.0 Å². The predicted molar refractivity (Wildman–Crippen MR) is 144 cm³/mol. The van der Waals surface area contributed by atoms with Crippen molar-refractivity contribution >= 4 is 50.8 Å². The largest absolute Gasteiger partial charge is 0.452 e. The average molecular weight is 495 g/mol. The van der Waals surface area contributed by atoms with Gasteiger partial charge in [0.1, 0.15) is 0 Å². The molecule has 1 amide bonds. The van der Waals surface area contributed by atoms with Crippen molar-refractivity contribution in [2.24, 2.45) is 0 Å². The van der Waals surface area contributed by atoms with Crippen molar-refractivity contribution in [3.8, 4) is 11.3 Å². The van der Waals surface area contributed by atoms with Crippen LogP contribution in [0.2, 0.25) is 5.02 Å². The lowest BCUT2D eigenvalue weighted by atomic mass is 10.0. The minimum absolute atomic E-state index is 0.293. The first-order valence-electron chi connectivity index (χ1n) is 11.7. The first-order valence-corrected chi connectivity index (χ1v) is 12.0. The predicted octanol–water partition coefficient (Wildman–Crippen LogP) is 6.92. The summed E-state index contributed by atoms with van der Waals surface area (Å²) in [6, 6.07) is 30.0. The zero-order chi connectivity index (χ0) is 25.1. The zero-order valence-electron chi connectivity index (χ0n) is 19.6. The Kier molecular flexibility index (Phi) is 6.65. The van der Waals surface area contributed by atoms with Gasteiger partial charge in [-0.3, -0.25) is 4.79 Å². The summed E-state index contributed by atoms with van der Waals surface area (Å²) in [5, 5.41) is 3.28. The Morgan fingerprint density at radius 1 is 0.861 bits per heavy atom. The van der Waals surface area contributed by atoms with Gasteiger partial charge in [0.05, 0.1) is 22.5 Å². The van der Waals surface area contributed by atoms with Crippen molar-refractivity contribution in [1.82, 2.24) is 4.98 Å². The second kappa shape index (κ2) is 10.2. The molecule has 1 aromatic heterocycles. The van der Waals surface area contributed by atoms with E-state index in [0.717, 1.165) is 22.0 Å². The van der Waals surface area contributed by atoms with E-state index in [1.165, 1.54) is 0 Å². The number of rotatable bonds is 6. The molecule has 36 heavy (non-hydrogen) atoms. The highest BCUT2D eigenvalue weighted by atomic mass is 35.5. The smallest absolute Gasteiger partial charge is 0.339 e. The van der Waals surface area contributed by atoms with Gasteiger partial charge < -0.3 is 9.64 Å². The molecule has 178 valence electrons. The van der Waals surface area contributed by atoms with E-state index in [1.807, 2.05) is 85.8 Å². The molecule has 1 heterocycles. The van der Waals surface area contributed by atoms with E-state index in [1.54, 1.807) is 23.1 Å². The van der Waals surface area contributed by atoms with Crippen molar-refractivity contribution in [2.45, 2.75) is 6.92 Å². The normalized spacial score (nSPS) is 10.9. The van der Waals surface area contributed by atoms with Crippen LogP contribution in [0.4, 0.5) is 5.69 Å². The number of hydrogen-bond donors (Lipinski definition) is 0. The summed E-state index contributed by atoms with van der Waals surface area (Å²) in [7, 11) is 0. The topological polar surface area (TPSA) is 59.5 Å². The molecule has 0 atom stereocenters. The number of ether oxygens (including phenoxy) is 1. The molecule has 0 unspecified atom stereocenters. The van der Waals surface area contributed by atoms with Crippen molar-refractivity contribution in [3.63, 3.8) is 0 Å². The van der Waals surface area contributed by atoms with Crippen LogP contribution in [0.25, 0.3) is 32.9 Å². The molecule has 0 aliphatic heterocycles. The SMILES string of the molecule is CCN(C(=O)COC(=O)c1cc(-c2ccc(Cl)cc2)nc2ccccc12)c1cccc2ccccc12. The Morgan fingerprint density at radius 3 is 2.33 bits per heavy atom. The minimum atomic E-state index is -0.578. The lowest BCUT2D eigenvalue weighted by molar-refractivity contribution is -0.121. The number of para-hydroxylation sites is 1. The van der Waals surface area contributed by atoms with E-state index in [4.69, 9.17) is 21.3 Å². The summed E-state index contributed by atoms with van der Waals surface area (Å²) >= 11 is 6.03. The van der Waals surface area contributed by atoms with E-state index in [9.17, 15) is 9.59 Å². The number of benzene rings is 4. The molecule has 0 fully saturated rings. The number of carbonyl (C=O) groups excluding carboxylic acids is 2. The lowest BCUT2D eigenvalue weighted by Gasteiger charge is -2.22. The molecule has 5 rings (SSSR count). The van der Waals surface area contributed by atoms with Gasteiger partial charge in [0.15, 0.2) is 6.61 Å². The number of nitrogens with zero attached hydrogens (tertiary/aromatic N) is 2. The van der Waals surface area contributed by atoms with E-state index >= 15 is 0 Å². The average Bonchev–Trinajstić information content (AvgIpc) is 2.92. The van der Waals surface area contributed by atoms with Crippen molar-refractivity contribution in [3.05, 3.63) is 108 Å². The zero-order valence-corrected chi connectivity index (χ0v) is 20.4. The number of hydrogen-bond acceptors (Lipinski definition) is 4. The summed E-state index contributed by atoms with van der Waals surface area (Å²) < 4.78 is 5.55. The molecule has 0 saturated carbocycles. The molecular formula is C30H23ClN2O3. The standard InChI is InChI=1S/C30H23ClN2O3/c1-2-33(28-13-7-9-20-8-3-4-10-23(20)28)29(34)19-36-30(35)25-18-27(21-14-16-22(31)17-15-21)32-26-12-6-5-11-24(25)26/h3-18H,2,19H2,1H3. The van der Waals surface area contributed by atoms with E-state index in [2.05, 4.69) is 0 Å². The number of likely N-dealkylation sites (N-methyl/N-ethyl adjacent to an activating group) is 1. The number of aromatic nitrogens is 1. The molecule has 0 aliphatic carbocycles. The summed E-state index contributed by atoms with van der Waals surface area (Å²) in [6.07, 6.45) is 0. The molecule has 0 radical (unpaired) electrons. The minimum Gasteiger partial charge on any atom is -0.452 e. The van der Waals surface area contributed by atoms with Gasteiger partial charge in [-0.05, 0) is 42.6 Å². The van der Waals surface area contributed by atoms with Crippen LogP contribution in [-0.2, 0) is 9.53 Å². The van der Waals surface area contributed by atoms with Crippen LogP contribution in [0.1, 0.15) is 17.3 Å². The molecular weight excluding hydrogens is 472 g/mol. The fraction of sp³-hybridized carbons (Fsp3) is 0.100. The maximum absolute atomic E-state index is 13.2. The fourth-order valence-electron chi connectivity index (χ4n) is 4.32. The molecule has 0 saturated heterocycles. The molecule has 4 aromatic carbocycles. The number of esters is 1. The Bertz CT molecular complexity index is 1580. The maximum atomic E-state index is 13.2. The quantitative estimate of drug-likeness (QED) is 0.240. The van der Waals surface area contributed by atoms with Gasteiger partial charge in [-0.1, -0.05) is 78.3 Å². The summed E-state index contributed by atoms with van der Waals surface area (Å²) in [6.45, 7) is 1.97. The highest BCUT2D eigenvalue weighted by molar-refractivity contribution is 6.30. The van der Waals surface area contributed by atoms with E-state index in [0.29, 0.717) is 33.7 Å². The summed E-state index contributed by atoms with van der Waals surface area (Å²) in [4.78, 5) is 32.7. The van der Waals surface area contributed by atoms with Gasteiger partial charge in [0.2, 0.25) is 0 Å². The van der Waals surface area contributed by atoms with Gasteiger partial charge in [-0.25, -0.2) is 9.78 Å². The molecule has 0 spiro atoms. The summed E-state index contributed by atoms with van der Waals surface area (Å²) in [5.41, 5.74) is 3.25. The molecule has 0 N–H and O–H groups in total. The molecule has 0 bridgehead atoms. The van der Waals surface area contributed by atoms with Gasteiger partial charge in [0.25, 0.3) is 5.91 Å². The van der Waals surface area contributed by atoms with E-state index in [-0.39, 0.29) is 12.5 Å². The highest BCUT2D eigenvalue weighted by Crippen LogP contribution is 2.28. The van der Waals surface area contributed by atoms with Crippen molar-refractivity contribution in [1.29, 1.82) is 0 Å². The Labute approximate surface area is 213 Å². The van der Waals surface area contributed by atoms with Crippen LogP contribution in [0.5, 0.6) is 0 Å². The van der Waals surface area contributed by atoms with Crippen LogP contribution < -0.4 is 4.90 Å². The first-order chi connectivity index (χ1) is 17.5. The number of halogens is 1. The number of fused-ring (bicyclic) bond motifs is 2. The fourth-order valence-corrected chi connectivity index (χ4v) is 4.45. The molecule has 5 nitrogen and oxygen atoms in total. The van der Waals surface area contributed by atoms with Crippen molar-refractivity contribution < 1.29 is 14.3 Å². The number of pyridine rings is 1. The Hall–Kier alpha value is -4.22. The lowest BCUT2D eigenvalue weighted by Crippen LogP contribution is -2.34. The third kappa shape index (κ3) is 4.66. The molecule has 5 aromatic rings. The number of amides is 1. The Balaban J connectivity index is 1.42. The maximum Gasteiger partial charge on any atom is 0.339 e. The van der Waals surface area contributed by atoms with Gasteiger partial charge in [-0.15, -0.1) is 0 Å². The van der Waals surface area contributed by atoms with Gasteiger partial charge >= 0.3 is 5.97 Å². The monoisotopic (exact) mass is 494 g/mol. The van der Waals surface area contributed by atoms with Crippen LogP contribution >= 0.6 is 11.6 Å². The first kappa shape index (κ1) is 23.5. The Morgan fingerprint density at radius 2 is 1.56 bits per heavy atom. The van der Waals surface area contributed by atoms with E-state index < -0.39 is 5.97 Å². The third-order valence-electron chi connectivity index (χ3n) is 6.08. The highest BCUT2D eigenvalue weighted by Gasteiger charge is 2.20. The molecule has 6 heteroatoms. The number of anilines is 1. The van der Waals surface area contributed by atoms with Gasteiger partial charge in [0, 0.05) is 27.9 Å². The second-order valence-corrected chi connectivity index (χ2v) is 8.73. The van der Waals surface area contributed by atoms with Crippen LogP contribution in [0.15, 0.2) is 97.1 Å². The summed E-state index contributed by atoms with van der Waals surface area (Å²) in [5.74, 6) is -0.871. The van der Waals surface area contributed by atoms with Crippen LogP contribution in [0.3, 0.4) is 0 Å². The third-order valence-corrected chi connectivity index (χ3v) is 6.33. The number of carbonyl (C=O) groups is 2.